The summed E-state index contributed by atoms with van der Waals surface area (Å²) in [6.45, 7) is 1.75. The van der Waals surface area contributed by atoms with Gasteiger partial charge in [-0.3, -0.25) is 25.0 Å². The molecule has 0 aliphatic carbocycles. The summed E-state index contributed by atoms with van der Waals surface area (Å²) in [5, 5.41) is 21.5. The molecule has 0 bridgehead atoms. The van der Waals surface area contributed by atoms with E-state index < -0.39 is 15.9 Å². The monoisotopic (exact) mass is 329 g/mol. The third kappa shape index (κ3) is 3.54. The maximum absolute atomic E-state index is 12.5. The first-order chi connectivity index (χ1) is 11.3. The van der Waals surface area contributed by atoms with Crippen LogP contribution in [0.25, 0.3) is 0 Å². The number of nitro groups is 2. The summed E-state index contributed by atoms with van der Waals surface area (Å²) in [5.41, 5.74) is 0.791. The van der Waals surface area contributed by atoms with E-state index in [1.165, 1.54) is 41.3 Å². The lowest BCUT2D eigenvalue weighted by Crippen LogP contribution is -2.29. The van der Waals surface area contributed by atoms with Crippen molar-refractivity contribution in [3.63, 3.8) is 0 Å². The van der Waals surface area contributed by atoms with Crippen molar-refractivity contribution >= 4 is 17.3 Å². The highest BCUT2D eigenvalue weighted by atomic mass is 16.6. The predicted molar refractivity (Wildman–Crippen MR) is 86.7 cm³/mol. The van der Waals surface area contributed by atoms with E-state index in [1.54, 1.807) is 26.1 Å². The van der Waals surface area contributed by atoms with Crippen molar-refractivity contribution in [1.29, 1.82) is 0 Å². The summed E-state index contributed by atoms with van der Waals surface area (Å²) in [7, 11) is 1.58. The van der Waals surface area contributed by atoms with Gasteiger partial charge in [-0.2, -0.15) is 0 Å². The average molecular weight is 329 g/mol. The topological polar surface area (TPSA) is 107 Å². The number of rotatable bonds is 5. The van der Waals surface area contributed by atoms with E-state index in [0.29, 0.717) is 11.1 Å². The number of benzene rings is 2. The molecule has 2 aromatic carbocycles. The van der Waals surface area contributed by atoms with Gasteiger partial charge in [-0.1, -0.05) is 12.1 Å². The Bertz CT molecular complexity index is 789. The van der Waals surface area contributed by atoms with Crippen LogP contribution in [-0.4, -0.2) is 27.7 Å². The number of carbonyl (C=O) groups excluding carboxylic acids is 1. The number of hydrogen-bond acceptors (Lipinski definition) is 5. The summed E-state index contributed by atoms with van der Waals surface area (Å²) >= 11 is 0. The summed E-state index contributed by atoms with van der Waals surface area (Å²) in [5.74, 6) is -0.330. The Balaban J connectivity index is 2.21. The fraction of sp³-hybridized carbons (Fsp3) is 0.188. The van der Waals surface area contributed by atoms with Crippen LogP contribution < -0.4 is 0 Å². The lowest BCUT2D eigenvalue weighted by molar-refractivity contribution is -0.385. The van der Waals surface area contributed by atoms with Gasteiger partial charge >= 0.3 is 0 Å². The molecular weight excluding hydrogens is 314 g/mol. The zero-order chi connectivity index (χ0) is 17.9. The molecule has 1 amide bonds. The standard InChI is InChI=1S/C16H15N3O5/c1-11(13-4-3-5-15(10-13)19(23)24)17(2)16(20)12-6-8-14(9-7-12)18(21)22/h3-11H,1-2H3/t11-/m1/s1. The number of nitrogens with zero attached hydrogens (tertiary/aromatic N) is 3. The second-order valence-electron chi connectivity index (χ2n) is 5.25. The third-order valence-corrected chi connectivity index (χ3v) is 3.79. The molecule has 2 aromatic rings. The number of hydrogen-bond donors (Lipinski definition) is 0. The van der Waals surface area contributed by atoms with E-state index in [9.17, 15) is 25.0 Å². The molecule has 0 aliphatic rings. The van der Waals surface area contributed by atoms with Crippen LogP contribution in [0.3, 0.4) is 0 Å². The van der Waals surface area contributed by atoms with Crippen molar-refractivity contribution in [1.82, 2.24) is 4.90 Å². The van der Waals surface area contributed by atoms with Gasteiger partial charge in [0.2, 0.25) is 0 Å². The molecule has 1 atom stereocenters. The van der Waals surface area contributed by atoms with Gasteiger partial charge in [-0.05, 0) is 24.6 Å². The van der Waals surface area contributed by atoms with Gasteiger partial charge in [0.15, 0.2) is 0 Å². The van der Waals surface area contributed by atoms with Gasteiger partial charge in [0.1, 0.15) is 0 Å². The number of carbonyl (C=O) groups is 1. The van der Waals surface area contributed by atoms with Crippen LogP contribution in [0, 0.1) is 20.2 Å². The van der Waals surface area contributed by atoms with Crippen LogP contribution in [0.1, 0.15) is 28.9 Å². The fourth-order valence-corrected chi connectivity index (χ4v) is 2.23. The Morgan fingerprint density at radius 3 is 2.12 bits per heavy atom. The molecule has 8 nitrogen and oxygen atoms in total. The van der Waals surface area contributed by atoms with Crippen molar-refractivity contribution in [3.8, 4) is 0 Å². The number of amides is 1. The smallest absolute Gasteiger partial charge is 0.269 e. The van der Waals surface area contributed by atoms with Gasteiger partial charge in [-0.15, -0.1) is 0 Å². The van der Waals surface area contributed by atoms with E-state index in [4.69, 9.17) is 0 Å². The first-order valence-corrected chi connectivity index (χ1v) is 7.07. The molecule has 0 aliphatic heterocycles. The summed E-state index contributed by atoms with van der Waals surface area (Å²) in [6.07, 6.45) is 0. The molecule has 2 rings (SSSR count). The molecule has 0 radical (unpaired) electrons. The first-order valence-electron chi connectivity index (χ1n) is 7.07. The molecule has 24 heavy (non-hydrogen) atoms. The summed E-state index contributed by atoms with van der Waals surface area (Å²) < 4.78 is 0. The molecule has 0 fully saturated rings. The van der Waals surface area contributed by atoms with Crippen LogP contribution in [0.4, 0.5) is 11.4 Å². The second-order valence-corrected chi connectivity index (χ2v) is 5.25. The largest absolute Gasteiger partial charge is 0.335 e. The van der Waals surface area contributed by atoms with Crippen molar-refractivity contribution in [3.05, 3.63) is 79.9 Å². The van der Waals surface area contributed by atoms with Crippen molar-refractivity contribution in [2.75, 3.05) is 7.05 Å². The maximum atomic E-state index is 12.5. The Hall–Kier alpha value is -3.29. The molecule has 0 N–H and O–H groups in total. The van der Waals surface area contributed by atoms with Crippen molar-refractivity contribution < 1.29 is 14.6 Å². The molecule has 0 saturated heterocycles. The molecule has 0 aromatic heterocycles. The van der Waals surface area contributed by atoms with Crippen LogP contribution in [0.2, 0.25) is 0 Å². The minimum atomic E-state index is -0.538. The molecular formula is C16H15N3O5. The van der Waals surface area contributed by atoms with Crippen molar-refractivity contribution in [2.24, 2.45) is 0 Å². The molecule has 0 unspecified atom stereocenters. The first kappa shape index (κ1) is 17.1. The lowest BCUT2D eigenvalue weighted by atomic mass is 10.1. The number of non-ortho nitro benzene ring substituents is 2. The predicted octanol–water partition coefficient (Wildman–Crippen LogP) is 3.34. The van der Waals surface area contributed by atoms with Gasteiger partial charge in [0, 0.05) is 36.9 Å². The highest BCUT2D eigenvalue weighted by molar-refractivity contribution is 5.94. The summed E-state index contributed by atoms with van der Waals surface area (Å²) in [4.78, 5) is 34.4. The Morgan fingerprint density at radius 1 is 1.00 bits per heavy atom. The van der Waals surface area contributed by atoms with Crippen LogP contribution >= 0.6 is 0 Å². The highest BCUT2D eigenvalue weighted by Crippen LogP contribution is 2.24. The minimum Gasteiger partial charge on any atom is -0.335 e. The normalized spacial score (nSPS) is 11.6. The molecule has 124 valence electrons. The Labute approximate surface area is 137 Å². The van der Waals surface area contributed by atoms with Gasteiger partial charge in [-0.25, -0.2) is 0 Å². The van der Waals surface area contributed by atoms with E-state index >= 15 is 0 Å². The zero-order valence-corrected chi connectivity index (χ0v) is 13.1. The zero-order valence-electron chi connectivity index (χ0n) is 13.1. The number of nitro benzene ring substituents is 2. The average Bonchev–Trinajstić information content (AvgIpc) is 2.60. The van der Waals surface area contributed by atoms with Gasteiger partial charge < -0.3 is 4.90 Å². The van der Waals surface area contributed by atoms with Gasteiger partial charge in [0.25, 0.3) is 17.3 Å². The van der Waals surface area contributed by atoms with Crippen molar-refractivity contribution in [2.45, 2.75) is 13.0 Å². The second kappa shape index (κ2) is 6.86. The quantitative estimate of drug-likeness (QED) is 0.617. The van der Waals surface area contributed by atoms with E-state index in [1.807, 2.05) is 0 Å². The Morgan fingerprint density at radius 2 is 1.58 bits per heavy atom. The van der Waals surface area contributed by atoms with Crippen LogP contribution in [0.15, 0.2) is 48.5 Å². The van der Waals surface area contributed by atoms with Gasteiger partial charge in [0.05, 0.1) is 15.9 Å². The van der Waals surface area contributed by atoms with Crippen LogP contribution in [-0.2, 0) is 0 Å². The molecule has 0 spiro atoms. The van der Waals surface area contributed by atoms with Crippen LogP contribution in [0.5, 0.6) is 0 Å². The highest BCUT2D eigenvalue weighted by Gasteiger charge is 2.21. The summed E-state index contributed by atoms with van der Waals surface area (Å²) in [6, 6.07) is 11.0. The molecule has 0 heterocycles. The fourth-order valence-electron chi connectivity index (χ4n) is 2.23. The minimum absolute atomic E-state index is 0.0458. The molecule has 0 saturated carbocycles. The SMILES string of the molecule is C[C@H](c1cccc([N+](=O)[O-])c1)N(C)C(=O)c1ccc([N+](=O)[O-])cc1. The Kier molecular flexibility index (Phi) is 4.88. The van der Waals surface area contributed by atoms with E-state index in [2.05, 4.69) is 0 Å². The molecule has 8 heteroatoms. The van der Waals surface area contributed by atoms with E-state index in [-0.39, 0.29) is 17.3 Å². The maximum Gasteiger partial charge on any atom is 0.269 e. The lowest BCUT2D eigenvalue weighted by Gasteiger charge is -2.25. The third-order valence-electron chi connectivity index (χ3n) is 3.79. The van der Waals surface area contributed by atoms with E-state index in [0.717, 1.165) is 0 Å².